The Morgan fingerprint density at radius 1 is 1.25 bits per heavy atom. The Balaban J connectivity index is 2.13. The molecule has 0 bridgehead atoms. The van der Waals surface area contributed by atoms with Gasteiger partial charge in [0.2, 0.25) is 5.76 Å². The van der Waals surface area contributed by atoms with Crippen molar-refractivity contribution in [2.75, 3.05) is 6.54 Å². The zero-order valence-electron chi connectivity index (χ0n) is 13.9. The third-order valence-electron chi connectivity index (χ3n) is 3.65. The van der Waals surface area contributed by atoms with E-state index in [9.17, 15) is 9.59 Å². The minimum Gasteiger partial charge on any atom is -0.481 e. The Hall–Kier alpha value is -2.63. The van der Waals surface area contributed by atoms with Crippen molar-refractivity contribution in [2.45, 2.75) is 39.2 Å². The number of nitrogens with zero attached hydrogens (tertiary/aromatic N) is 2. The lowest BCUT2D eigenvalue weighted by atomic mass is 10.1. The molecule has 0 aliphatic heterocycles. The van der Waals surface area contributed by atoms with Gasteiger partial charge < -0.3 is 14.5 Å². The number of carboxylic acids is 1. The third-order valence-corrected chi connectivity index (χ3v) is 3.65. The van der Waals surface area contributed by atoms with E-state index >= 15 is 0 Å². The van der Waals surface area contributed by atoms with E-state index in [1.54, 1.807) is 11.0 Å². The molecule has 1 amide bonds. The number of hydrogen-bond donors (Lipinski definition) is 1. The molecule has 2 aromatic rings. The van der Waals surface area contributed by atoms with Crippen LogP contribution in [0.2, 0.25) is 0 Å². The minimum atomic E-state index is -0.871. The van der Waals surface area contributed by atoms with Gasteiger partial charge in [0.1, 0.15) is 0 Å². The van der Waals surface area contributed by atoms with Crippen LogP contribution >= 0.6 is 0 Å². The molecule has 0 aliphatic rings. The van der Waals surface area contributed by atoms with Crippen molar-refractivity contribution in [1.29, 1.82) is 0 Å². The molecule has 6 nitrogen and oxygen atoms in total. The molecule has 0 fully saturated rings. The van der Waals surface area contributed by atoms with E-state index in [1.165, 1.54) is 0 Å². The molecule has 24 heavy (non-hydrogen) atoms. The van der Waals surface area contributed by atoms with Crippen LogP contribution in [0.5, 0.6) is 0 Å². The number of carboxylic acid groups (broad SMARTS) is 1. The highest BCUT2D eigenvalue weighted by molar-refractivity contribution is 5.91. The maximum atomic E-state index is 12.7. The first-order chi connectivity index (χ1) is 11.5. The Kier molecular flexibility index (Phi) is 6.12. The topological polar surface area (TPSA) is 83.6 Å². The van der Waals surface area contributed by atoms with Gasteiger partial charge in [0, 0.05) is 25.6 Å². The van der Waals surface area contributed by atoms with E-state index in [1.807, 2.05) is 44.2 Å². The first-order valence-electron chi connectivity index (χ1n) is 7.99. The summed E-state index contributed by atoms with van der Waals surface area (Å²) in [5, 5.41) is 12.7. The van der Waals surface area contributed by atoms with Crippen molar-refractivity contribution in [1.82, 2.24) is 10.1 Å². The molecule has 0 spiro atoms. The summed E-state index contributed by atoms with van der Waals surface area (Å²) in [4.78, 5) is 25.0. The number of aliphatic carboxylic acids is 1. The number of rotatable bonds is 8. The molecule has 0 saturated carbocycles. The Bertz CT molecular complexity index is 679. The van der Waals surface area contributed by atoms with Gasteiger partial charge >= 0.3 is 5.97 Å². The summed E-state index contributed by atoms with van der Waals surface area (Å²) in [5.41, 5.74) is 1.70. The zero-order chi connectivity index (χ0) is 17.5. The van der Waals surface area contributed by atoms with Crippen LogP contribution in [0, 0.1) is 0 Å². The first-order valence-corrected chi connectivity index (χ1v) is 7.99. The average molecular weight is 330 g/mol. The Morgan fingerprint density at radius 2 is 1.96 bits per heavy atom. The van der Waals surface area contributed by atoms with Crippen LogP contribution in [-0.2, 0) is 11.3 Å². The molecule has 128 valence electrons. The normalized spacial score (nSPS) is 10.8. The standard InChI is InChI=1S/C18H22N2O4/c1-13(2)15-11-16(24-19-15)18(23)20(10-6-9-17(21)22)12-14-7-4-3-5-8-14/h3-5,7-8,11,13H,6,9-10,12H2,1-2H3,(H,21,22). The van der Waals surface area contributed by atoms with Gasteiger partial charge in [-0.15, -0.1) is 0 Å². The van der Waals surface area contributed by atoms with Gasteiger partial charge in [0.25, 0.3) is 5.91 Å². The van der Waals surface area contributed by atoms with E-state index in [0.29, 0.717) is 19.5 Å². The highest BCUT2D eigenvalue weighted by Gasteiger charge is 2.21. The van der Waals surface area contributed by atoms with Gasteiger partial charge in [-0.2, -0.15) is 0 Å². The van der Waals surface area contributed by atoms with Gasteiger partial charge in [-0.25, -0.2) is 0 Å². The van der Waals surface area contributed by atoms with Crippen LogP contribution < -0.4 is 0 Å². The van der Waals surface area contributed by atoms with E-state index < -0.39 is 5.97 Å². The molecular weight excluding hydrogens is 308 g/mol. The van der Waals surface area contributed by atoms with Crippen LogP contribution in [0.15, 0.2) is 40.9 Å². The van der Waals surface area contributed by atoms with Gasteiger partial charge in [0.15, 0.2) is 0 Å². The molecule has 0 unspecified atom stereocenters. The van der Waals surface area contributed by atoms with Crippen LogP contribution in [-0.4, -0.2) is 33.6 Å². The SMILES string of the molecule is CC(C)c1cc(C(=O)N(CCCC(=O)O)Cc2ccccc2)on1. The largest absolute Gasteiger partial charge is 0.481 e. The lowest BCUT2D eigenvalue weighted by molar-refractivity contribution is -0.137. The van der Waals surface area contributed by atoms with E-state index in [0.717, 1.165) is 11.3 Å². The molecule has 0 saturated heterocycles. The van der Waals surface area contributed by atoms with Gasteiger partial charge in [-0.05, 0) is 17.9 Å². The predicted molar refractivity (Wildman–Crippen MR) is 88.6 cm³/mol. The summed E-state index contributed by atoms with van der Waals surface area (Å²) in [6.07, 6.45) is 0.408. The number of carbonyl (C=O) groups excluding carboxylic acids is 1. The second-order valence-corrected chi connectivity index (χ2v) is 5.98. The molecule has 1 heterocycles. The summed E-state index contributed by atoms with van der Waals surface area (Å²) in [6, 6.07) is 11.2. The fourth-order valence-electron chi connectivity index (χ4n) is 2.29. The molecular formula is C18H22N2O4. The summed E-state index contributed by atoms with van der Waals surface area (Å²) in [5.74, 6) is -0.789. The monoisotopic (exact) mass is 330 g/mol. The van der Waals surface area contributed by atoms with E-state index in [-0.39, 0.29) is 24.0 Å². The molecule has 1 aromatic heterocycles. The average Bonchev–Trinajstić information content (AvgIpc) is 3.04. The number of carbonyl (C=O) groups is 2. The summed E-state index contributed by atoms with van der Waals surface area (Å²) in [6.45, 7) is 4.69. The predicted octanol–water partition coefficient (Wildman–Crippen LogP) is 3.31. The molecule has 0 aliphatic carbocycles. The second kappa shape index (κ2) is 8.29. The molecule has 6 heteroatoms. The second-order valence-electron chi connectivity index (χ2n) is 5.98. The van der Waals surface area contributed by atoms with Gasteiger partial charge in [0.05, 0.1) is 5.69 Å². The zero-order valence-corrected chi connectivity index (χ0v) is 13.9. The molecule has 0 radical (unpaired) electrons. The van der Waals surface area contributed by atoms with Crippen LogP contribution in [0.3, 0.4) is 0 Å². The highest BCUT2D eigenvalue weighted by atomic mass is 16.5. The Labute approximate surface area is 141 Å². The maximum Gasteiger partial charge on any atom is 0.303 e. The molecule has 2 rings (SSSR count). The van der Waals surface area contributed by atoms with E-state index in [4.69, 9.17) is 9.63 Å². The quantitative estimate of drug-likeness (QED) is 0.803. The summed E-state index contributed by atoms with van der Waals surface area (Å²) < 4.78 is 5.18. The van der Waals surface area contributed by atoms with Crippen LogP contribution in [0.4, 0.5) is 0 Å². The van der Waals surface area contributed by atoms with Crippen molar-refractivity contribution < 1.29 is 19.2 Å². The lowest BCUT2D eigenvalue weighted by Gasteiger charge is -2.21. The van der Waals surface area contributed by atoms with E-state index in [2.05, 4.69) is 5.16 Å². The van der Waals surface area contributed by atoms with Gasteiger partial charge in [-0.3, -0.25) is 9.59 Å². The fraction of sp³-hybridized carbons (Fsp3) is 0.389. The third kappa shape index (κ3) is 4.94. The number of amides is 1. The molecule has 0 atom stereocenters. The summed E-state index contributed by atoms with van der Waals surface area (Å²) in [7, 11) is 0. The van der Waals surface area contributed by atoms with Gasteiger partial charge in [-0.1, -0.05) is 49.3 Å². The first kappa shape index (κ1) is 17.7. The Morgan fingerprint density at radius 3 is 2.54 bits per heavy atom. The van der Waals surface area contributed by atoms with Crippen molar-refractivity contribution in [3.8, 4) is 0 Å². The number of benzene rings is 1. The van der Waals surface area contributed by atoms with Crippen molar-refractivity contribution in [2.24, 2.45) is 0 Å². The number of hydrogen-bond acceptors (Lipinski definition) is 4. The fourth-order valence-corrected chi connectivity index (χ4v) is 2.29. The van der Waals surface area contributed by atoms with Crippen molar-refractivity contribution in [3.05, 3.63) is 53.4 Å². The summed E-state index contributed by atoms with van der Waals surface area (Å²) >= 11 is 0. The minimum absolute atomic E-state index is 0.0201. The number of aromatic nitrogens is 1. The molecule has 1 aromatic carbocycles. The van der Waals surface area contributed by atoms with Crippen LogP contribution in [0.25, 0.3) is 0 Å². The van der Waals surface area contributed by atoms with Crippen LogP contribution in [0.1, 0.15) is 54.4 Å². The molecule has 1 N–H and O–H groups in total. The lowest BCUT2D eigenvalue weighted by Crippen LogP contribution is -2.31. The smallest absolute Gasteiger partial charge is 0.303 e. The maximum absolute atomic E-state index is 12.7. The highest BCUT2D eigenvalue weighted by Crippen LogP contribution is 2.17. The van der Waals surface area contributed by atoms with Crippen molar-refractivity contribution >= 4 is 11.9 Å². The van der Waals surface area contributed by atoms with Crippen molar-refractivity contribution in [3.63, 3.8) is 0 Å².